The smallest absolute Gasteiger partial charge is 0.256 e. The molecule has 1 aromatic carbocycles. The van der Waals surface area contributed by atoms with Crippen molar-refractivity contribution in [3.8, 4) is 5.88 Å². The number of rotatable bonds is 6. The Morgan fingerprint density at radius 2 is 1.88 bits per heavy atom. The maximum atomic E-state index is 11.9. The summed E-state index contributed by atoms with van der Waals surface area (Å²) in [7, 11) is 1.49. The number of azo groups is 1. The minimum Gasteiger partial charge on any atom is -0.493 e. The lowest BCUT2D eigenvalue weighted by molar-refractivity contribution is -0.129. The van der Waals surface area contributed by atoms with E-state index in [1.54, 1.807) is 38.1 Å². The fourth-order valence-electron chi connectivity index (χ4n) is 1.89. The fourth-order valence-corrected chi connectivity index (χ4v) is 2.32. The van der Waals surface area contributed by atoms with Crippen molar-refractivity contribution in [1.82, 2.24) is 4.57 Å². The quantitative estimate of drug-likeness (QED) is 0.211. The van der Waals surface area contributed by atoms with Gasteiger partial charge in [-0.1, -0.05) is 6.58 Å². The van der Waals surface area contributed by atoms with Crippen molar-refractivity contribution in [3.05, 3.63) is 58.6 Å². The first-order valence-corrected chi connectivity index (χ1v) is 7.71. The van der Waals surface area contributed by atoms with E-state index in [1.807, 2.05) is 0 Å². The Labute approximate surface area is 143 Å². The molecule has 0 atom stereocenters. The van der Waals surface area contributed by atoms with E-state index in [9.17, 15) is 9.90 Å². The van der Waals surface area contributed by atoms with Crippen LogP contribution in [0.4, 0.5) is 11.4 Å². The SMILES string of the molecule is C=COOSc1ccc(N=Nc2c(C)c(C)c(=O)n(C)c2O)cc1. The Morgan fingerprint density at radius 1 is 1.21 bits per heavy atom. The van der Waals surface area contributed by atoms with Crippen LogP contribution in [0.1, 0.15) is 11.1 Å². The molecule has 0 radical (unpaired) electrons. The first kappa shape index (κ1) is 17.8. The standard InChI is InChI=1S/C16H17N3O4S/c1-5-22-23-24-13-8-6-12(7-9-13)17-18-14-10(2)11(3)15(20)19(4)16(14)21/h5-9,21H,1H2,2-4H3. The second kappa shape index (κ2) is 7.80. The number of nitrogens with zero attached hydrogens (tertiary/aromatic N) is 3. The fraction of sp³-hybridized carbons (Fsp3) is 0.188. The predicted octanol–water partition coefficient (Wildman–Crippen LogP) is 4.22. The summed E-state index contributed by atoms with van der Waals surface area (Å²) in [5.74, 6) is -0.214. The van der Waals surface area contributed by atoms with Crippen molar-refractivity contribution in [2.45, 2.75) is 18.7 Å². The van der Waals surface area contributed by atoms with E-state index >= 15 is 0 Å². The van der Waals surface area contributed by atoms with E-state index in [0.717, 1.165) is 21.5 Å². The average molecular weight is 347 g/mol. The second-order valence-electron chi connectivity index (χ2n) is 4.89. The Morgan fingerprint density at radius 3 is 2.50 bits per heavy atom. The summed E-state index contributed by atoms with van der Waals surface area (Å²) < 4.78 is 5.93. The van der Waals surface area contributed by atoms with Crippen molar-refractivity contribution in [3.63, 3.8) is 0 Å². The summed E-state index contributed by atoms with van der Waals surface area (Å²) in [6, 6.07) is 7.04. The zero-order valence-electron chi connectivity index (χ0n) is 13.5. The van der Waals surface area contributed by atoms with Gasteiger partial charge in [0, 0.05) is 17.5 Å². The Kier molecular flexibility index (Phi) is 5.78. The van der Waals surface area contributed by atoms with Gasteiger partial charge in [-0.25, -0.2) is 0 Å². The summed E-state index contributed by atoms with van der Waals surface area (Å²) in [6.07, 6.45) is 1.18. The number of benzene rings is 1. The van der Waals surface area contributed by atoms with Crippen molar-refractivity contribution >= 4 is 23.4 Å². The molecule has 1 aromatic heterocycles. The van der Waals surface area contributed by atoms with Gasteiger partial charge in [0.1, 0.15) is 11.9 Å². The predicted molar refractivity (Wildman–Crippen MR) is 91.7 cm³/mol. The lowest BCUT2D eigenvalue weighted by Gasteiger charge is -2.09. The van der Waals surface area contributed by atoms with E-state index in [2.05, 4.69) is 21.7 Å². The van der Waals surface area contributed by atoms with Gasteiger partial charge in [-0.2, -0.15) is 5.11 Å². The molecule has 0 amide bonds. The van der Waals surface area contributed by atoms with Crippen LogP contribution < -0.4 is 5.56 Å². The lowest BCUT2D eigenvalue weighted by atomic mass is 10.1. The van der Waals surface area contributed by atoms with Gasteiger partial charge in [-0.3, -0.25) is 9.36 Å². The van der Waals surface area contributed by atoms with Crippen molar-refractivity contribution < 1.29 is 14.3 Å². The van der Waals surface area contributed by atoms with Gasteiger partial charge in [0.2, 0.25) is 5.88 Å². The summed E-state index contributed by atoms with van der Waals surface area (Å²) in [4.78, 5) is 17.3. The van der Waals surface area contributed by atoms with E-state index in [-0.39, 0.29) is 17.1 Å². The zero-order valence-corrected chi connectivity index (χ0v) is 14.3. The largest absolute Gasteiger partial charge is 0.493 e. The van der Waals surface area contributed by atoms with Crippen LogP contribution in [0.15, 0.2) is 57.0 Å². The summed E-state index contributed by atoms with van der Waals surface area (Å²) in [5, 5.41) is 18.3. The number of hydrogen-bond donors (Lipinski definition) is 1. The molecule has 1 N–H and O–H groups in total. The lowest BCUT2D eigenvalue weighted by Crippen LogP contribution is -2.20. The molecule has 0 spiro atoms. The molecule has 2 rings (SSSR count). The molecule has 24 heavy (non-hydrogen) atoms. The summed E-state index contributed by atoms with van der Waals surface area (Å²) in [5.41, 5.74) is 1.73. The summed E-state index contributed by atoms with van der Waals surface area (Å²) in [6.45, 7) is 6.77. The van der Waals surface area contributed by atoms with Gasteiger partial charge in [-0.15, -0.1) is 9.45 Å². The monoisotopic (exact) mass is 347 g/mol. The Bertz CT molecular complexity index is 796. The van der Waals surface area contributed by atoms with E-state index in [4.69, 9.17) is 4.33 Å². The Hall–Kier alpha value is -2.58. The minimum absolute atomic E-state index is 0.214. The third-order valence-electron chi connectivity index (χ3n) is 3.41. The molecule has 0 aliphatic heterocycles. The molecular weight excluding hydrogens is 330 g/mol. The highest BCUT2D eigenvalue weighted by Crippen LogP contribution is 2.31. The number of pyridine rings is 1. The average Bonchev–Trinajstić information content (AvgIpc) is 2.60. The molecule has 7 nitrogen and oxygen atoms in total. The molecular formula is C16H17N3O4S. The van der Waals surface area contributed by atoms with Crippen LogP contribution in [0.3, 0.4) is 0 Å². The molecule has 0 bridgehead atoms. The Balaban J connectivity index is 2.23. The van der Waals surface area contributed by atoms with Gasteiger partial charge in [0.25, 0.3) is 5.56 Å². The maximum absolute atomic E-state index is 11.9. The van der Waals surface area contributed by atoms with Gasteiger partial charge < -0.3 is 9.99 Å². The van der Waals surface area contributed by atoms with Gasteiger partial charge in [0.05, 0.1) is 17.7 Å². The molecule has 0 unspecified atom stereocenters. The molecule has 8 heteroatoms. The van der Waals surface area contributed by atoms with Gasteiger partial charge in [0.15, 0.2) is 0 Å². The highest BCUT2D eigenvalue weighted by molar-refractivity contribution is 7.94. The van der Waals surface area contributed by atoms with Crippen LogP contribution in [0, 0.1) is 13.8 Å². The maximum Gasteiger partial charge on any atom is 0.256 e. The molecule has 2 aromatic rings. The van der Waals surface area contributed by atoms with Crippen LogP contribution in [-0.4, -0.2) is 9.67 Å². The third-order valence-corrected chi connectivity index (χ3v) is 4.02. The summed E-state index contributed by atoms with van der Waals surface area (Å²) >= 11 is 1.03. The van der Waals surface area contributed by atoms with E-state index in [1.165, 1.54) is 13.3 Å². The molecule has 126 valence electrons. The topological polar surface area (TPSA) is 85.4 Å². The van der Waals surface area contributed by atoms with Crippen LogP contribution in [0.5, 0.6) is 5.88 Å². The molecule has 0 aliphatic carbocycles. The van der Waals surface area contributed by atoms with E-state index in [0.29, 0.717) is 16.8 Å². The van der Waals surface area contributed by atoms with Crippen molar-refractivity contribution in [2.75, 3.05) is 0 Å². The first-order chi connectivity index (χ1) is 11.5. The first-order valence-electron chi connectivity index (χ1n) is 6.97. The third kappa shape index (κ3) is 3.84. The van der Waals surface area contributed by atoms with Gasteiger partial charge >= 0.3 is 0 Å². The van der Waals surface area contributed by atoms with Crippen LogP contribution >= 0.6 is 12.0 Å². The molecule has 0 aliphatic rings. The molecule has 1 heterocycles. The minimum atomic E-state index is -0.257. The molecule has 0 saturated heterocycles. The number of hydrogen-bond acceptors (Lipinski definition) is 7. The van der Waals surface area contributed by atoms with Crippen LogP contribution in [0.25, 0.3) is 0 Å². The second-order valence-corrected chi connectivity index (χ2v) is 5.67. The van der Waals surface area contributed by atoms with Crippen molar-refractivity contribution in [2.24, 2.45) is 17.3 Å². The van der Waals surface area contributed by atoms with Crippen molar-refractivity contribution in [1.29, 1.82) is 0 Å². The molecule has 0 saturated carbocycles. The normalized spacial score (nSPS) is 11.0. The molecule has 0 fully saturated rings. The van der Waals surface area contributed by atoms with E-state index < -0.39 is 0 Å². The van der Waals surface area contributed by atoms with Gasteiger partial charge in [-0.05, 0) is 43.7 Å². The van der Waals surface area contributed by atoms with Crippen LogP contribution in [0.2, 0.25) is 0 Å². The number of aromatic nitrogens is 1. The van der Waals surface area contributed by atoms with Crippen LogP contribution in [-0.2, 0) is 16.3 Å². The highest BCUT2D eigenvalue weighted by atomic mass is 32.2. The zero-order chi connectivity index (χ0) is 17.7. The number of aromatic hydroxyl groups is 1. The highest BCUT2D eigenvalue weighted by Gasteiger charge is 2.14.